The Bertz CT molecular complexity index is 789. The fraction of sp³-hybridized carbons (Fsp3) is 0.632. The Morgan fingerprint density at radius 1 is 1.15 bits per heavy atom. The van der Waals surface area contributed by atoms with Crippen LogP contribution >= 0.6 is 11.3 Å². The van der Waals surface area contributed by atoms with Crippen molar-refractivity contribution < 1.29 is 4.79 Å². The first-order valence-electron chi connectivity index (χ1n) is 9.60. The van der Waals surface area contributed by atoms with E-state index in [-0.39, 0.29) is 5.92 Å². The minimum atomic E-state index is 0.159. The normalized spacial score (nSPS) is 19.8. The van der Waals surface area contributed by atoms with Crippen LogP contribution in [-0.2, 0) is 4.79 Å². The van der Waals surface area contributed by atoms with Crippen LogP contribution in [0, 0.1) is 19.8 Å². The SMILES string of the molecule is Cc1sc2ncnc(N3CCC(C(=O)N4CCCNCC4)CC3)c2c1C. The van der Waals surface area contributed by atoms with Gasteiger partial charge in [-0.3, -0.25) is 4.79 Å². The summed E-state index contributed by atoms with van der Waals surface area (Å²) in [7, 11) is 0. The van der Waals surface area contributed by atoms with Gasteiger partial charge in [0.1, 0.15) is 17.0 Å². The zero-order chi connectivity index (χ0) is 18.1. The van der Waals surface area contributed by atoms with Crippen LogP contribution in [0.4, 0.5) is 5.82 Å². The van der Waals surface area contributed by atoms with Gasteiger partial charge >= 0.3 is 0 Å². The highest BCUT2D eigenvalue weighted by Crippen LogP contribution is 2.35. The lowest BCUT2D eigenvalue weighted by Crippen LogP contribution is -2.44. The van der Waals surface area contributed by atoms with Gasteiger partial charge in [-0.2, -0.15) is 0 Å². The molecule has 6 nitrogen and oxygen atoms in total. The second-order valence-corrected chi connectivity index (χ2v) is 8.55. The molecule has 0 aromatic carbocycles. The van der Waals surface area contributed by atoms with Gasteiger partial charge in [0.2, 0.25) is 5.91 Å². The first kappa shape index (κ1) is 17.7. The molecule has 4 heterocycles. The summed E-state index contributed by atoms with van der Waals surface area (Å²) in [5.74, 6) is 1.55. The molecular weight excluding hydrogens is 346 g/mol. The van der Waals surface area contributed by atoms with Crippen LogP contribution in [0.15, 0.2) is 6.33 Å². The molecule has 4 rings (SSSR count). The van der Waals surface area contributed by atoms with Crippen LogP contribution in [0.2, 0.25) is 0 Å². The van der Waals surface area contributed by atoms with E-state index in [4.69, 9.17) is 0 Å². The standard InChI is InChI=1S/C19H27N5OS/c1-13-14(2)26-18-16(13)17(21-12-22-18)23-9-4-15(5-10-23)19(25)24-8-3-6-20-7-11-24/h12,15,20H,3-11H2,1-2H3. The average molecular weight is 374 g/mol. The van der Waals surface area contributed by atoms with Gasteiger partial charge in [0.25, 0.3) is 0 Å². The van der Waals surface area contributed by atoms with E-state index in [2.05, 4.69) is 38.9 Å². The van der Waals surface area contributed by atoms with Crippen molar-refractivity contribution >= 4 is 33.3 Å². The van der Waals surface area contributed by atoms with E-state index in [1.165, 1.54) is 15.8 Å². The summed E-state index contributed by atoms with van der Waals surface area (Å²) in [6.07, 6.45) is 4.56. The van der Waals surface area contributed by atoms with E-state index in [1.807, 2.05) is 0 Å². The van der Waals surface area contributed by atoms with Crippen molar-refractivity contribution in [2.24, 2.45) is 5.92 Å². The summed E-state index contributed by atoms with van der Waals surface area (Å²) in [4.78, 5) is 28.7. The molecule has 0 saturated carbocycles. The van der Waals surface area contributed by atoms with Crippen LogP contribution in [-0.4, -0.2) is 60.0 Å². The monoisotopic (exact) mass is 373 g/mol. The summed E-state index contributed by atoms with van der Waals surface area (Å²) < 4.78 is 0. The number of hydrogen-bond acceptors (Lipinski definition) is 6. The Morgan fingerprint density at radius 3 is 2.77 bits per heavy atom. The molecule has 1 amide bonds. The van der Waals surface area contributed by atoms with Crippen LogP contribution < -0.4 is 10.2 Å². The largest absolute Gasteiger partial charge is 0.356 e. The molecule has 2 fully saturated rings. The number of carbonyl (C=O) groups is 1. The van der Waals surface area contributed by atoms with Crippen molar-refractivity contribution in [2.45, 2.75) is 33.1 Å². The van der Waals surface area contributed by atoms with Crippen LogP contribution in [0.5, 0.6) is 0 Å². The number of nitrogens with zero attached hydrogens (tertiary/aromatic N) is 4. The van der Waals surface area contributed by atoms with E-state index in [1.54, 1.807) is 17.7 Å². The molecule has 0 aliphatic carbocycles. The van der Waals surface area contributed by atoms with Gasteiger partial charge in [-0.05, 0) is 45.2 Å². The topological polar surface area (TPSA) is 61.4 Å². The first-order valence-corrected chi connectivity index (χ1v) is 10.4. The number of piperidine rings is 1. The van der Waals surface area contributed by atoms with Crippen LogP contribution in [0.3, 0.4) is 0 Å². The lowest BCUT2D eigenvalue weighted by atomic mass is 9.95. The Labute approximate surface area is 158 Å². The minimum Gasteiger partial charge on any atom is -0.356 e. The number of anilines is 1. The lowest BCUT2D eigenvalue weighted by molar-refractivity contribution is -0.136. The molecule has 2 aromatic rings. The molecule has 140 valence electrons. The van der Waals surface area contributed by atoms with Crippen molar-refractivity contribution in [3.63, 3.8) is 0 Å². The van der Waals surface area contributed by atoms with Gasteiger partial charge in [0, 0.05) is 43.5 Å². The molecule has 26 heavy (non-hydrogen) atoms. The van der Waals surface area contributed by atoms with Gasteiger partial charge in [-0.1, -0.05) is 0 Å². The highest BCUT2D eigenvalue weighted by atomic mass is 32.1. The molecule has 0 radical (unpaired) electrons. The van der Waals surface area contributed by atoms with Crippen molar-refractivity contribution in [1.82, 2.24) is 20.2 Å². The second-order valence-electron chi connectivity index (χ2n) is 7.35. The molecule has 7 heteroatoms. The molecule has 2 aliphatic rings. The predicted octanol–water partition coefficient (Wildman–Crippen LogP) is 2.35. The second kappa shape index (κ2) is 7.48. The number of amides is 1. The number of rotatable bonds is 2. The van der Waals surface area contributed by atoms with Crippen LogP contribution in [0.1, 0.15) is 29.7 Å². The van der Waals surface area contributed by atoms with E-state index in [0.717, 1.165) is 69.2 Å². The Balaban J connectivity index is 1.46. The van der Waals surface area contributed by atoms with E-state index >= 15 is 0 Å². The molecule has 2 saturated heterocycles. The quantitative estimate of drug-likeness (QED) is 0.876. The Hall–Kier alpha value is -1.73. The van der Waals surface area contributed by atoms with Crippen molar-refractivity contribution in [1.29, 1.82) is 0 Å². The van der Waals surface area contributed by atoms with E-state index < -0.39 is 0 Å². The maximum atomic E-state index is 12.9. The lowest BCUT2D eigenvalue weighted by Gasteiger charge is -2.34. The van der Waals surface area contributed by atoms with Crippen molar-refractivity contribution in [3.05, 3.63) is 16.8 Å². The molecule has 0 unspecified atom stereocenters. The summed E-state index contributed by atoms with van der Waals surface area (Å²) in [5.41, 5.74) is 1.29. The van der Waals surface area contributed by atoms with Gasteiger partial charge < -0.3 is 15.1 Å². The molecule has 2 aliphatic heterocycles. The summed E-state index contributed by atoms with van der Waals surface area (Å²) in [6.45, 7) is 9.76. The zero-order valence-corrected chi connectivity index (χ0v) is 16.4. The highest BCUT2D eigenvalue weighted by Gasteiger charge is 2.30. The number of aryl methyl sites for hydroxylation is 2. The first-order chi connectivity index (χ1) is 12.6. The predicted molar refractivity (Wildman–Crippen MR) is 106 cm³/mol. The number of fused-ring (bicyclic) bond motifs is 1. The number of nitrogens with one attached hydrogen (secondary N) is 1. The van der Waals surface area contributed by atoms with Gasteiger partial charge in [-0.25, -0.2) is 9.97 Å². The van der Waals surface area contributed by atoms with Gasteiger partial charge in [0.05, 0.1) is 5.39 Å². The number of aromatic nitrogens is 2. The van der Waals surface area contributed by atoms with E-state index in [9.17, 15) is 4.79 Å². The fourth-order valence-electron chi connectivity index (χ4n) is 4.07. The average Bonchev–Trinajstić information content (AvgIpc) is 2.85. The third-order valence-electron chi connectivity index (χ3n) is 5.74. The minimum absolute atomic E-state index is 0.159. The summed E-state index contributed by atoms with van der Waals surface area (Å²) in [6, 6.07) is 0. The number of carbonyl (C=O) groups excluding carboxylic acids is 1. The maximum absolute atomic E-state index is 12.9. The maximum Gasteiger partial charge on any atom is 0.225 e. The Kier molecular flexibility index (Phi) is 5.09. The third-order valence-corrected chi connectivity index (χ3v) is 6.86. The molecular formula is C19H27N5OS. The molecule has 2 aromatic heterocycles. The van der Waals surface area contributed by atoms with Crippen molar-refractivity contribution in [3.8, 4) is 0 Å². The molecule has 0 spiro atoms. The van der Waals surface area contributed by atoms with Crippen LogP contribution in [0.25, 0.3) is 10.2 Å². The number of hydrogen-bond donors (Lipinski definition) is 1. The third kappa shape index (κ3) is 3.30. The molecule has 0 atom stereocenters. The molecule has 1 N–H and O–H groups in total. The van der Waals surface area contributed by atoms with Gasteiger partial charge in [0.15, 0.2) is 0 Å². The zero-order valence-electron chi connectivity index (χ0n) is 15.6. The number of thiophene rings is 1. The fourth-order valence-corrected chi connectivity index (χ4v) is 5.06. The summed E-state index contributed by atoms with van der Waals surface area (Å²) in [5, 5.41) is 4.57. The Morgan fingerprint density at radius 2 is 1.96 bits per heavy atom. The summed E-state index contributed by atoms with van der Waals surface area (Å²) >= 11 is 1.74. The highest BCUT2D eigenvalue weighted by molar-refractivity contribution is 7.18. The van der Waals surface area contributed by atoms with Gasteiger partial charge in [-0.15, -0.1) is 11.3 Å². The molecule has 0 bridgehead atoms. The van der Waals surface area contributed by atoms with E-state index in [0.29, 0.717) is 5.91 Å². The smallest absolute Gasteiger partial charge is 0.225 e. The van der Waals surface area contributed by atoms with Crippen molar-refractivity contribution in [2.75, 3.05) is 44.2 Å².